The van der Waals surface area contributed by atoms with Gasteiger partial charge in [0.25, 0.3) is 5.91 Å². The highest BCUT2D eigenvalue weighted by Gasteiger charge is 2.28. The molecule has 1 amide bonds. The molecule has 6 heteroatoms. The minimum atomic E-state index is -0.737. The van der Waals surface area contributed by atoms with Gasteiger partial charge < -0.3 is 9.88 Å². The van der Waals surface area contributed by atoms with E-state index in [9.17, 15) is 13.6 Å². The Hall–Kier alpha value is -4.32. The molecule has 0 saturated carbocycles. The van der Waals surface area contributed by atoms with Crippen LogP contribution < -0.4 is 5.32 Å². The van der Waals surface area contributed by atoms with Gasteiger partial charge in [-0.1, -0.05) is 42.5 Å². The van der Waals surface area contributed by atoms with E-state index in [2.05, 4.69) is 5.32 Å². The molecule has 4 nitrogen and oxygen atoms in total. The maximum absolute atomic E-state index is 13.8. The third-order valence-electron chi connectivity index (χ3n) is 6.39. The van der Waals surface area contributed by atoms with Crippen LogP contribution in [0.1, 0.15) is 34.1 Å². The molecule has 1 atom stereocenters. The van der Waals surface area contributed by atoms with Crippen LogP contribution in [0.5, 0.6) is 0 Å². The lowest BCUT2D eigenvalue weighted by atomic mass is 10.0. The van der Waals surface area contributed by atoms with E-state index < -0.39 is 6.04 Å². The van der Waals surface area contributed by atoms with E-state index in [0.29, 0.717) is 17.9 Å². The summed E-state index contributed by atoms with van der Waals surface area (Å²) in [5, 5.41) is 2.94. The zero-order valence-corrected chi connectivity index (χ0v) is 20.0. The molecule has 0 spiro atoms. The van der Waals surface area contributed by atoms with Gasteiger partial charge in [0, 0.05) is 12.1 Å². The van der Waals surface area contributed by atoms with Crippen LogP contribution in [-0.2, 0) is 11.2 Å². The molecule has 0 radical (unpaired) electrons. The number of nitrogens with zero attached hydrogens (tertiary/aromatic N) is 2. The van der Waals surface area contributed by atoms with Crippen molar-refractivity contribution >= 4 is 22.6 Å². The summed E-state index contributed by atoms with van der Waals surface area (Å²) in [5.41, 5.74) is 5.97. The number of rotatable bonds is 6. The molecule has 1 aromatic heterocycles. The van der Waals surface area contributed by atoms with Gasteiger partial charge in [-0.25, -0.2) is 13.8 Å². The second kappa shape index (κ2) is 9.74. The lowest BCUT2D eigenvalue weighted by Gasteiger charge is -2.22. The van der Waals surface area contributed by atoms with E-state index in [1.165, 1.54) is 36.4 Å². The van der Waals surface area contributed by atoms with Crippen molar-refractivity contribution in [2.24, 2.45) is 0 Å². The van der Waals surface area contributed by atoms with Crippen molar-refractivity contribution in [2.45, 2.75) is 26.3 Å². The molecule has 0 aliphatic rings. The molecule has 0 fully saturated rings. The van der Waals surface area contributed by atoms with Crippen molar-refractivity contribution in [3.63, 3.8) is 0 Å². The second-order valence-electron chi connectivity index (χ2n) is 8.94. The fourth-order valence-corrected chi connectivity index (χ4v) is 4.39. The topological polar surface area (TPSA) is 46.9 Å². The summed E-state index contributed by atoms with van der Waals surface area (Å²) in [6.07, 6.45) is 0.417. The highest BCUT2D eigenvalue weighted by atomic mass is 19.1. The van der Waals surface area contributed by atoms with Gasteiger partial charge in [-0.2, -0.15) is 0 Å². The van der Waals surface area contributed by atoms with Crippen LogP contribution >= 0.6 is 0 Å². The average Bonchev–Trinajstić information content (AvgIpc) is 3.19. The number of hydrogen-bond donors (Lipinski definition) is 1. The summed E-state index contributed by atoms with van der Waals surface area (Å²) in [6, 6.07) is 24.8. The SMILES string of the molecule is Cc1cc2nc(Cc3ccc(F)cc3)n([C@H](C(=O)Nc3ccc(F)cc3)c3ccccc3)c2cc1C. The number of carbonyl (C=O) groups is 1. The normalized spacial score (nSPS) is 12.0. The van der Waals surface area contributed by atoms with Crippen LogP contribution in [0.25, 0.3) is 11.0 Å². The molecule has 0 bridgehead atoms. The van der Waals surface area contributed by atoms with Crippen LogP contribution in [0, 0.1) is 25.5 Å². The number of carbonyl (C=O) groups excluding carboxylic acids is 1. The fraction of sp³-hybridized carbons (Fsp3) is 0.133. The van der Waals surface area contributed by atoms with Gasteiger partial charge in [-0.15, -0.1) is 0 Å². The minimum absolute atomic E-state index is 0.273. The highest BCUT2D eigenvalue weighted by Crippen LogP contribution is 2.30. The number of amides is 1. The van der Waals surface area contributed by atoms with Crippen LogP contribution in [0.15, 0.2) is 91.0 Å². The first-order valence-corrected chi connectivity index (χ1v) is 11.7. The zero-order chi connectivity index (χ0) is 25.2. The summed E-state index contributed by atoms with van der Waals surface area (Å²) in [6.45, 7) is 4.06. The van der Waals surface area contributed by atoms with Gasteiger partial charge >= 0.3 is 0 Å². The zero-order valence-electron chi connectivity index (χ0n) is 20.0. The van der Waals surface area contributed by atoms with Crippen molar-refractivity contribution in [2.75, 3.05) is 5.32 Å². The fourth-order valence-electron chi connectivity index (χ4n) is 4.39. The maximum atomic E-state index is 13.8. The largest absolute Gasteiger partial charge is 0.324 e. The number of fused-ring (bicyclic) bond motifs is 1. The predicted molar refractivity (Wildman–Crippen MR) is 138 cm³/mol. The predicted octanol–water partition coefficient (Wildman–Crippen LogP) is 6.75. The highest BCUT2D eigenvalue weighted by molar-refractivity contribution is 5.97. The van der Waals surface area contributed by atoms with Gasteiger partial charge in [-0.3, -0.25) is 4.79 Å². The second-order valence-corrected chi connectivity index (χ2v) is 8.94. The molecule has 180 valence electrons. The van der Waals surface area contributed by atoms with E-state index in [1.807, 2.05) is 60.9 Å². The molecule has 0 aliphatic carbocycles. The Balaban J connectivity index is 1.68. The molecule has 36 heavy (non-hydrogen) atoms. The van der Waals surface area contributed by atoms with Crippen LogP contribution in [0.3, 0.4) is 0 Å². The van der Waals surface area contributed by atoms with Crippen LogP contribution in [0.2, 0.25) is 0 Å². The average molecular weight is 482 g/mol. The molecule has 1 N–H and O–H groups in total. The first-order valence-electron chi connectivity index (χ1n) is 11.7. The summed E-state index contributed by atoms with van der Waals surface area (Å²) >= 11 is 0. The molecule has 5 aromatic rings. The first kappa shape index (κ1) is 23.4. The van der Waals surface area contributed by atoms with Crippen LogP contribution in [-0.4, -0.2) is 15.5 Å². The number of benzene rings is 4. The van der Waals surface area contributed by atoms with Crippen molar-refractivity contribution in [3.05, 3.63) is 131 Å². The van der Waals surface area contributed by atoms with Gasteiger partial charge in [0.2, 0.25) is 0 Å². The number of aryl methyl sites for hydroxylation is 2. The van der Waals surface area contributed by atoms with Crippen LogP contribution in [0.4, 0.5) is 14.5 Å². The Morgan fingerprint density at radius 1 is 0.861 bits per heavy atom. The van der Waals surface area contributed by atoms with E-state index in [4.69, 9.17) is 4.98 Å². The number of anilines is 1. The van der Waals surface area contributed by atoms with Gasteiger partial charge in [-0.05, 0) is 84.6 Å². The van der Waals surface area contributed by atoms with Gasteiger partial charge in [0.1, 0.15) is 23.5 Å². The van der Waals surface area contributed by atoms with E-state index in [-0.39, 0.29) is 17.5 Å². The third-order valence-corrected chi connectivity index (χ3v) is 6.39. The number of imidazole rings is 1. The Bertz CT molecular complexity index is 1530. The summed E-state index contributed by atoms with van der Waals surface area (Å²) in [4.78, 5) is 18.8. The monoisotopic (exact) mass is 481 g/mol. The van der Waals surface area contributed by atoms with Crippen molar-refractivity contribution in [1.82, 2.24) is 9.55 Å². The summed E-state index contributed by atoms with van der Waals surface area (Å²) in [5.74, 6) is -0.268. The number of nitrogens with one attached hydrogen (secondary N) is 1. The maximum Gasteiger partial charge on any atom is 0.252 e. The molecular formula is C30H25F2N3O. The molecule has 4 aromatic carbocycles. The molecule has 0 unspecified atom stereocenters. The van der Waals surface area contributed by atoms with Crippen molar-refractivity contribution in [1.29, 1.82) is 0 Å². The van der Waals surface area contributed by atoms with E-state index >= 15 is 0 Å². The molecule has 1 heterocycles. The lowest BCUT2D eigenvalue weighted by Crippen LogP contribution is -2.28. The van der Waals surface area contributed by atoms with Crippen molar-refractivity contribution in [3.8, 4) is 0 Å². The molecule has 0 aliphatic heterocycles. The summed E-state index contributed by atoms with van der Waals surface area (Å²) < 4.78 is 29.0. The quantitative estimate of drug-likeness (QED) is 0.292. The van der Waals surface area contributed by atoms with E-state index in [0.717, 1.165) is 33.3 Å². The molecule has 5 rings (SSSR count). The lowest BCUT2D eigenvalue weighted by molar-refractivity contribution is -0.118. The van der Waals surface area contributed by atoms with Gasteiger partial charge in [0.15, 0.2) is 0 Å². The smallest absolute Gasteiger partial charge is 0.252 e. The number of aromatic nitrogens is 2. The van der Waals surface area contributed by atoms with Gasteiger partial charge in [0.05, 0.1) is 11.0 Å². The number of hydrogen-bond acceptors (Lipinski definition) is 2. The standard InChI is InChI=1S/C30H25F2N3O/c1-19-16-26-27(17-20(19)2)35(28(34-26)18-21-8-10-23(31)11-9-21)29(22-6-4-3-5-7-22)30(36)33-25-14-12-24(32)13-15-25/h3-17,29H,18H2,1-2H3,(H,33,36)/t29-/m0/s1. The number of halogens is 2. The van der Waals surface area contributed by atoms with E-state index in [1.54, 1.807) is 12.1 Å². The Labute approximate surface area is 208 Å². The Morgan fingerprint density at radius 2 is 1.47 bits per heavy atom. The Morgan fingerprint density at radius 3 is 2.14 bits per heavy atom. The van der Waals surface area contributed by atoms with Crippen molar-refractivity contribution < 1.29 is 13.6 Å². The molecule has 0 saturated heterocycles. The third kappa shape index (κ3) is 4.75. The first-order chi connectivity index (χ1) is 17.4. The summed E-state index contributed by atoms with van der Waals surface area (Å²) in [7, 11) is 0. The molecular weight excluding hydrogens is 456 g/mol. The minimum Gasteiger partial charge on any atom is -0.324 e. The Kier molecular flexibility index (Phi) is 6.34.